The Labute approximate surface area is 209 Å². The van der Waals surface area contributed by atoms with Crippen LogP contribution in [0.5, 0.6) is 0 Å². The fourth-order valence-corrected chi connectivity index (χ4v) is 5.20. The molecule has 35 heavy (non-hydrogen) atoms. The standard InChI is InChI=1S/C21H22N4O7S3/c1-5-35(29,30)25-14-8-6-13(7-9-14)18-23-24-21(32-18)33-10-15(27)22-19-16(20(28)31-4)11(2)17(34-19)12(3)26/h6-9,25H,5,10H2,1-4H3,(H,22,27). The smallest absolute Gasteiger partial charge is 0.341 e. The Hall–Kier alpha value is -3.23. The molecule has 0 saturated heterocycles. The van der Waals surface area contributed by atoms with E-state index >= 15 is 0 Å². The second-order valence-electron chi connectivity index (χ2n) is 7.10. The fraction of sp³-hybridized carbons (Fsp3) is 0.286. The van der Waals surface area contributed by atoms with Gasteiger partial charge < -0.3 is 14.5 Å². The van der Waals surface area contributed by atoms with Crippen LogP contribution in [-0.4, -0.2) is 54.9 Å². The molecular formula is C21H22N4O7S3. The van der Waals surface area contributed by atoms with Crippen LogP contribution in [-0.2, 0) is 19.6 Å². The van der Waals surface area contributed by atoms with Crippen LogP contribution in [0.4, 0.5) is 10.7 Å². The molecule has 2 heterocycles. The summed E-state index contributed by atoms with van der Waals surface area (Å²) >= 11 is 2.00. The van der Waals surface area contributed by atoms with Gasteiger partial charge in [0.05, 0.1) is 29.1 Å². The highest BCUT2D eigenvalue weighted by Gasteiger charge is 2.25. The van der Waals surface area contributed by atoms with Crippen LogP contribution in [0.2, 0.25) is 0 Å². The first-order chi connectivity index (χ1) is 16.5. The summed E-state index contributed by atoms with van der Waals surface area (Å²) < 4.78 is 36.1. The Balaban J connectivity index is 1.65. The first-order valence-electron chi connectivity index (χ1n) is 10.1. The van der Waals surface area contributed by atoms with Crippen LogP contribution in [0.25, 0.3) is 11.5 Å². The molecule has 1 amide bonds. The molecule has 3 aromatic rings. The van der Waals surface area contributed by atoms with Gasteiger partial charge in [-0.3, -0.25) is 14.3 Å². The number of ketones is 1. The minimum atomic E-state index is -3.38. The van der Waals surface area contributed by atoms with Gasteiger partial charge in [0.2, 0.25) is 21.8 Å². The number of Topliss-reactive ketones (excluding diaryl/α,β-unsaturated/α-hetero) is 1. The number of carbonyl (C=O) groups excluding carboxylic acids is 3. The molecule has 0 saturated carbocycles. The molecule has 186 valence electrons. The van der Waals surface area contributed by atoms with Crippen molar-refractivity contribution in [1.29, 1.82) is 0 Å². The SMILES string of the molecule is CCS(=O)(=O)Nc1ccc(-c2nnc(SCC(=O)Nc3sc(C(C)=O)c(C)c3C(=O)OC)o2)cc1. The number of amides is 1. The Morgan fingerprint density at radius 2 is 1.86 bits per heavy atom. The average Bonchev–Trinajstić information content (AvgIpc) is 3.42. The molecular weight excluding hydrogens is 516 g/mol. The highest BCUT2D eigenvalue weighted by atomic mass is 32.2. The zero-order valence-electron chi connectivity index (χ0n) is 19.2. The first-order valence-corrected chi connectivity index (χ1v) is 13.6. The largest absolute Gasteiger partial charge is 0.465 e. The van der Waals surface area contributed by atoms with Gasteiger partial charge in [0.15, 0.2) is 5.78 Å². The number of hydrogen-bond donors (Lipinski definition) is 2. The lowest BCUT2D eigenvalue weighted by Gasteiger charge is -2.05. The highest BCUT2D eigenvalue weighted by molar-refractivity contribution is 7.99. The summed E-state index contributed by atoms with van der Waals surface area (Å²) in [5.41, 5.74) is 1.57. The van der Waals surface area contributed by atoms with E-state index in [0.29, 0.717) is 21.7 Å². The maximum Gasteiger partial charge on any atom is 0.341 e. The number of methoxy groups -OCH3 is 1. The number of esters is 1. The second-order valence-corrected chi connectivity index (χ2v) is 11.1. The number of hydrogen-bond acceptors (Lipinski definition) is 11. The number of nitrogens with zero attached hydrogens (tertiary/aromatic N) is 2. The molecule has 2 N–H and O–H groups in total. The van der Waals surface area contributed by atoms with Crippen molar-refractivity contribution in [2.24, 2.45) is 0 Å². The molecule has 0 radical (unpaired) electrons. The van der Waals surface area contributed by atoms with Gasteiger partial charge in [-0.1, -0.05) is 11.8 Å². The van der Waals surface area contributed by atoms with Crippen molar-refractivity contribution < 1.29 is 32.0 Å². The summed E-state index contributed by atoms with van der Waals surface area (Å²) in [6.07, 6.45) is 0. The van der Waals surface area contributed by atoms with E-state index < -0.39 is 21.9 Å². The molecule has 0 atom stereocenters. The molecule has 2 aromatic heterocycles. The quantitative estimate of drug-likeness (QED) is 0.222. The number of rotatable bonds is 10. The van der Waals surface area contributed by atoms with Crippen molar-refractivity contribution in [1.82, 2.24) is 10.2 Å². The van der Waals surface area contributed by atoms with Crippen molar-refractivity contribution in [3.63, 3.8) is 0 Å². The Morgan fingerprint density at radius 3 is 2.46 bits per heavy atom. The predicted octanol–water partition coefficient (Wildman–Crippen LogP) is 3.59. The Kier molecular flexibility index (Phi) is 8.30. The lowest BCUT2D eigenvalue weighted by molar-refractivity contribution is -0.113. The Bertz CT molecular complexity index is 1360. The summed E-state index contributed by atoms with van der Waals surface area (Å²) in [6.45, 7) is 4.54. The molecule has 0 unspecified atom stereocenters. The number of sulfonamides is 1. The summed E-state index contributed by atoms with van der Waals surface area (Å²) in [7, 11) is -2.16. The minimum absolute atomic E-state index is 0.0411. The first kappa shape index (κ1) is 26.4. The molecule has 0 aliphatic carbocycles. The van der Waals surface area contributed by atoms with Gasteiger partial charge in [0.1, 0.15) is 5.00 Å². The van der Waals surface area contributed by atoms with Crippen LogP contribution in [0.1, 0.15) is 39.4 Å². The van der Waals surface area contributed by atoms with E-state index in [1.807, 2.05) is 0 Å². The molecule has 11 nitrogen and oxygen atoms in total. The molecule has 0 spiro atoms. The predicted molar refractivity (Wildman–Crippen MR) is 133 cm³/mol. The van der Waals surface area contributed by atoms with E-state index in [9.17, 15) is 22.8 Å². The van der Waals surface area contributed by atoms with Gasteiger partial charge in [-0.2, -0.15) is 0 Å². The van der Waals surface area contributed by atoms with E-state index in [1.165, 1.54) is 21.0 Å². The van der Waals surface area contributed by atoms with E-state index in [4.69, 9.17) is 9.15 Å². The minimum Gasteiger partial charge on any atom is -0.465 e. The van der Waals surface area contributed by atoms with Gasteiger partial charge in [-0.05, 0) is 50.6 Å². The fourth-order valence-electron chi connectivity index (χ4n) is 2.89. The maximum absolute atomic E-state index is 12.5. The number of carbonyl (C=O) groups is 3. The molecule has 0 fully saturated rings. The summed E-state index contributed by atoms with van der Waals surface area (Å²) in [4.78, 5) is 36.8. The van der Waals surface area contributed by atoms with Gasteiger partial charge in [0.25, 0.3) is 5.22 Å². The van der Waals surface area contributed by atoms with Crippen LogP contribution in [0.3, 0.4) is 0 Å². The van der Waals surface area contributed by atoms with E-state index in [2.05, 4.69) is 20.2 Å². The maximum atomic E-state index is 12.5. The second kappa shape index (κ2) is 11.0. The van der Waals surface area contributed by atoms with Crippen molar-refractivity contribution in [2.75, 3.05) is 28.7 Å². The Morgan fingerprint density at radius 1 is 1.17 bits per heavy atom. The third kappa shape index (κ3) is 6.46. The summed E-state index contributed by atoms with van der Waals surface area (Å²) in [5.74, 6) is -1.24. The van der Waals surface area contributed by atoms with Gasteiger partial charge in [-0.15, -0.1) is 21.5 Å². The number of benzene rings is 1. The third-order valence-electron chi connectivity index (χ3n) is 4.63. The van der Waals surface area contributed by atoms with Crippen molar-refractivity contribution in [3.05, 3.63) is 40.3 Å². The molecule has 1 aromatic carbocycles. The van der Waals surface area contributed by atoms with Gasteiger partial charge in [0, 0.05) is 11.3 Å². The van der Waals surface area contributed by atoms with E-state index in [-0.39, 0.29) is 39.0 Å². The molecule has 0 bridgehead atoms. The summed E-state index contributed by atoms with van der Waals surface area (Å²) in [6, 6.07) is 6.40. The number of thiophene rings is 1. The number of nitrogens with one attached hydrogen (secondary N) is 2. The van der Waals surface area contributed by atoms with Crippen molar-refractivity contribution in [3.8, 4) is 11.5 Å². The van der Waals surface area contributed by atoms with Crippen LogP contribution >= 0.6 is 23.1 Å². The van der Waals surface area contributed by atoms with E-state index in [0.717, 1.165) is 23.1 Å². The lowest BCUT2D eigenvalue weighted by Crippen LogP contribution is -2.16. The highest BCUT2D eigenvalue weighted by Crippen LogP contribution is 2.34. The van der Waals surface area contributed by atoms with Gasteiger partial charge >= 0.3 is 5.97 Å². The number of anilines is 2. The average molecular weight is 539 g/mol. The third-order valence-corrected chi connectivity index (χ3v) is 8.06. The number of ether oxygens (including phenoxy) is 1. The molecule has 0 aliphatic rings. The van der Waals surface area contributed by atoms with Crippen molar-refractivity contribution in [2.45, 2.75) is 26.0 Å². The zero-order valence-corrected chi connectivity index (χ0v) is 21.7. The molecule has 0 aliphatic heterocycles. The van der Waals surface area contributed by atoms with Crippen molar-refractivity contribution >= 4 is 61.5 Å². The summed E-state index contributed by atoms with van der Waals surface area (Å²) in [5, 5.41) is 10.9. The molecule has 3 rings (SSSR count). The number of thioether (sulfide) groups is 1. The molecule has 14 heteroatoms. The lowest BCUT2D eigenvalue weighted by atomic mass is 10.1. The van der Waals surface area contributed by atoms with E-state index in [1.54, 1.807) is 31.2 Å². The van der Waals surface area contributed by atoms with Crippen LogP contribution < -0.4 is 10.0 Å². The monoisotopic (exact) mass is 538 g/mol. The van der Waals surface area contributed by atoms with Gasteiger partial charge in [-0.25, -0.2) is 13.2 Å². The van der Waals surface area contributed by atoms with Crippen LogP contribution in [0, 0.1) is 6.92 Å². The topological polar surface area (TPSA) is 158 Å². The zero-order chi connectivity index (χ0) is 25.8. The number of aromatic nitrogens is 2. The normalized spacial score (nSPS) is 11.2. The van der Waals surface area contributed by atoms with Crippen LogP contribution in [0.15, 0.2) is 33.9 Å².